The minimum atomic E-state index is -2.62. The zero-order chi connectivity index (χ0) is 55.3. The highest BCUT2D eigenvalue weighted by atomic mass is 32.2. The van der Waals surface area contributed by atoms with Crippen LogP contribution in [0.2, 0.25) is 0 Å². The molecule has 12 atom stereocenters. The molecule has 0 spiro atoms. The summed E-state index contributed by atoms with van der Waals surface area (Å²) in [6.07, 6.45) is -6.34. The Bertz CT molecular complexity index is 2560. The lowest BCUT2D eigenvalue weighted by atomic mass is 9.91. The number of ether oxygens (including phenoxy) is 2. The largest absolute Gasteiger partial charge is 0.610 e. The van der Waals surface area contributed by atoms with Crippen LogP contribution in [0.3, 0.4) is 0 Å². The van der Waals surface area contributed by atoms with Gasteiger partial charge in [0.15, 0.2) is 6.04 Å². The number of hydrogen-bond acceptors (Lipinski definition) is 17. The number of Topliss-reactive ketones (excluding diaryl/α,β-unsaturated/α-hetero) is 1. The molecule has 75 heavy (non-hydrogen) atoms. The standard InChI is InChI=1S/C47H67N11O16S/c1-7-21(2)36-42(69)51-16-34(63)52-30-20-75(72)44-26-14-29(39(66)50-17-35(64)56-36)54-43(70)37(22(3)32(61)19-59)57-41(68)31-12-23(60)18-58(31)47(10-11-49-45(71)74-46(4,5)6,38(65)28(15-33(48)62)53-40(30)67)73-24-8-9-25(26)27(13-24)55-44/h8-9,13,21-23,28-32,36-37,55,59-61H,7,10-12,14-20H2,1-6H3,(H2,48,62)(H,49,71)(H,50,66)(H,51,69)(H,52,63)(H,53,67)(H,54,70)(H,56,64)(H,57,68)/t21-,22-,23?,28-,29?,30?,31-,32-,36-,37-,47?,75+/m0/s1. The Kier molecular flexibility index (Phi) is 18.4. The maximum absolute atomic E-state index is 15.9. The van der Waals surface area contributed by atoms with E-state index in [1.807, 2.05) is 0 Å². The average molecular weight is 1070 g/mol. The molecule has 0 aliphatic carbocycles. The second-order valence-electron chi connectivity index (χ2n) is 20.2. The summed E-state index contributed by atoms with van der Waals surface area (Å²) in [7, 11) is 0. The molecule has 0 radical (unpaired) electrons. The first-order valence-electron chi connectivity index (χ1n) is 24.6. The molecule has 5 aliphatic rings. The van der Waals surface area contributed by atoms with E-state index in [2.05, 4.69) is 47.5 Å². The number of benzene rings is 1. The lowest BCUT2D eigenvalue weighted by molar-refractivity contribution is -0.165. The number of alkyl carbamates (subject to hydrolysis) is 1. The number of aliphatic hydroxyl groups is 3. The van der Waals surface area contributed by atoms with Crippen LogP contribution in [0.4, 0.5) is 4.79 Å². The van der Waals surface area contributed by atoms with Gasteiger partial charge in [0, 0.05) is 60.0 Å². The smallest absolute Gasteiger partial charge is 0.407 e. The number of nitrogens with two attached hydrogens (primary N) is 1. The fraction of sp³-hybridized carbons (Fsp3) is 0.617. The predicted molar refractivity (Wildman–Crippen MR) is 263 cm³/mol. The highest BCUT2D eigenvalue weighted by Gasteiger charge is 2.57. The van der Waals surface area contributed by atoms with E-state index in [-0.39, 0.29) is 27.2 Å². The van der Waals surface area contributed by atoms with Crippen LogP contribution < -0.4 is 53.0 Å². The van der Waals surface area contributed by atoms with Crippen molar-refractivity contribution in [3.63, 3.8) is 0 Å². The summed E-state index contributed by atoms with van der Waals surface area (Å²) in [5.74, 6) is -12.3. The summed E-state index contributed by atoms with van der Waals surface area (Å²) in [5.41, 5.74) is 2.33. The number of rotatable bonds is 10. The zero-order valence-corrected chi connectivity index (χ0v) is 43.2. The fourth-order valence-electron chi connectivity index (χ4n) is 9.40. The Hall–Kier alpha value is -6.59. The van der Waals surface area contributed by atoms with Crippen LogP contribution in [0, 0.1) is 11.8 Å². The summed E-state index contributed by atoms with van der Waals surface area (Å²) in [6, 6.07) is -6.14. The summed E-state index contributed by atoms with van der Waals surface area (Å²) in [5, 5.41) is 52.7. The van der Waals surface area contributed by atoms with Gasteiger partial charge < -0.3 is 82.6 Å². The summed E-state index contributed by atoms with van der Waals surface area (Å²) < 4.78 is 27.1. The van der Waals surface area contributed by atoms with E-state index in [0.717, 1.165) is 4.90 Å². The molecule has 5 aliphatic heterocycles. The number of nitrogens with zero attached hydrogens (tertiary/aromatic N) is 1. The Morgan fingerprint density at radius 1 is 0.933 bits per heavy atom. The molecule has 1 fully saturated rings. The van der Waals surface area contributed by atoms with Gasteiger partial charge in [0.25, 0.3) is 0 Å². The van der Waals surface area contributed by atoms with Gasteiger partial charge in [0.1, 0.15) is 41.3 Å². The van der Waals surface area contributed by atoms with Gasteiger partial charge in [0.2, 0.25) is 63.8 Å². The molecule has 1 saturated heterocycles. The number of amides is 9. The lowest BCUT2D eigenvalue weighted by Crippen LogP contribution is -2.69. The number of fused-ring (bicyclic) bond motifs is 7. The second kappa shape index (κ2) is 24.0. The molecule has 7 rings (SSSR count). The Morgan fingerprint density at radius 3 is 2.27 bits per heavy atom. The topological polar surface area (TPSA) is 414 Å². The van der Waals surface area contributed by atoms with Crippen molar-refractivity contribution in [1.29, 1.82) is 0 Å². The van der Waals surface area contributed by atoms with Crippen LogP contribution in [-0.4, -0.2) is 187 Å². The van der Waals surface area contributed by atoms with Crippen molar-refractivity contribution in [2.75, 3.05) is 38.5 Å². The van der Waals surface area contributed by atoms with Gasteiger partial charge in [-0.3, -0.25) is 43.2 Å². The van der Waals surface area contributed by atoms with Gasteiger partial charge in [-0.15, -0.1) is 0 Å². The van der Waals surface area contributed by atoms with E-state index in [4.69, 9.17) is 15.2 Å². The molecule has 412 valence electrons. The number of carbonyl (C=O) groups is 10. The normalized spacial score (nSPS) is 28.9. The van der Waals surface area contributed by atoms with Crippen LogP contribution in [-0.2, 0) is 65.5 Å². The number of hydrogen-bond donors (Lipinski definition) is 13. The number of aromatic amines is 1. The first-order valence-corrected chi connectivity index (χ1v) is 25.9. The molecule has 1 aromatic carbocycles. The molecule has 8 bridgehead atoms. The molecule has 14 N–H and O–H groups in total. The van der Waals surface area contributed by atoms with Crippen molar-refractivity contribution in [2.24, 2.45) is 17.6 Å². The van der Waals surface area contributed by atoms with Gasteiger partial charge in [0.05, 0.1) is 49.9 Å². The van der Waals surface area contributed by atoms with Gasteiger partial charge in [-0.1, -0.05) is 27.2 Å². The third-order valence-corrected chi connectivity index (χ3v) is 15.0. The van der Waals surface area contributed by atoms with E-state index in [1.165, 1.54) is 25.1 Å². The molecule has 4 unspecified atom stereocenters. The maximum atomic E-state index is 15.9. The zero-order valence-electron chi connectivity index (χ0n) is 42.4. The minimum Gasteiger partial charge on any atom is -0.610 e. The quantitative estimate of drug-likeness (QED) is 0.0996. The van der Waals surface area contributed by atoms with Gasteiger partial charge in [-0.05, 0) is 45.2 Å². The van der Waals surface area contributed by atoms with Crippen LogP contribution in [0.5, 0.6) is 5.75 Å². The van der Waals surface area contributed by atoms with Gasteiger partial charge in [-0.25, -0.2) is 9.69 Å². The number of carbonyl (C=O) groups excluding carboxylic acids is 10. The van der Waals surface area contributed by atoms with E-state index < -0.39 is 206 Å². The van der Waals surface area contributed by atoms with Crippen LogP contribution >= 0.6 is 0 Å². The van der Waals surface area contributed by atoms with Crippen molar-refractivity contribution >= 4 is 81.2 Å². The first kappa shape index (κ1) is 57.7. The van der Waals surface area contributed by atoms with E-state index in [0.29, 0.717) is 6.42 Å². The first-order chi connectivity index (χ1) is 35.2. The Balaban J connectivity index is 1.67. The molecule has 1 aromatic heterocycles. The summed E-state index contributed by atoms with van der Waals surface area (Å²) in [6.45, 7) is 5.97. The Labute approximate surface area is 433 Å². The molecule has 2 aromatic rings. The van der Waals surface area contributed by atoms with Crippen molar-refractivity contribution in [1.82, 2.24) is 52.4 Å². The number of aliphatic hydroxyl groups excluding tert-OH is 3. The third kappa shape index (κ3) is 13.6. The molecule has 9 amide bonds. The highest BCUT2D eigenvalue weighted by Crippen LogP contribution is 2.38. The van der Waals surface area contributed by atoms with Crippen molar-refractivity contribution in [3.8, 4) is 5.75 Å². The van der Waals surface area contributed by atoms with Crippen LogP contribution in [0.1, 0.15) is 72.8 Å². The second-order valence-corrected chi connectivity index (χ2v) is 21.7. The van der Waals surface area contributed by atoms with Crippen molar-refractivity contribution in [2.45, 2.75) is 138 Å². The van der Waals surface area contributed by atoms with Gasteiger partial charge in [-0.2, -0.15) is 0 Å². The molecule has 28 heteroatoms. The Morgan fingerprint density at radius 2 is 1.61 bits per heavy atom. The molecule has 0 saturated carbocycles. The molecular formula is C47H67N11O16S. The van der Waals surface area contributed by atoms with Gasteiger partial charge >= 0.3 is 6.09 Å². The average Bonchev–Trinajstić information content (AvgIpc) is 3.92. The molecule has 6 heterocycles. The number of primary amides is 1. The van der Waals surface area contributed by atoms with E-state index >= 15 is 4.79 Å². The number of aromatic nitrogens is 1. The summed E-state index contributed by atoms with van der Waals surface area (Å²) >= 11 is -2.40. The minimum absolute atomic E-state index is 0.0831. The number of H-pyrrole nitrogens is 1. The van der Waals surface area contributed by atoms with Crippen molar-refractivity contribution in [3.05, 3.63) is 23.8 Å². The monoisotopic (exact) mass is 1070 g/mol. The molecule has 27 nitrogen and oxygen atoms in total. The SMILES string of the molecule is CC[C@H](C)[C@@H]1NC(=O)CNC(=O)C2Cc3c4[nH]c5cc(ccc35)OC(CCNC(=O)OC(C)(C)C)(C(=O)[C@H](CC(N)=O)NC(=O)C(C[S@@+]4[O-])NC(=O)CNC1=O)N1CC(O)C[C@H]1C(=O)N[C@@H]([C@@H](C)[C@@H](O)CO)C(=O)N2. The van der Waals surface area contributed by atoms with E-state index in [1.54, 1.807) is 34.6 Å². The van der Waals surface area contributed by atoms with Crippen LogP contribution in [0.25, 0.3) is 10.9 Å². The highest BCUT2D eigenvalue weighted by molar-refractivity contribution is 7.91. The van der Waals surface area contributed by atoms with Crippen molar-refractivity contribution < 1.29 is 77.3 Å². The molecular weight excluding hydrogens is 1010 g/mol. The number of nitrogens with one attached hydrogen (secondary N) is 9. The maximum Gasteiger partial charge on any atom is 0.407 e. The third-order valence-electron chi connectivity index (χ3n) is 13.5. The van der Waals surface area contributed by atoms with Crippen LogP contribution in [0.15, 0.2) is 23.2 Å². The summed E-state index contributed by atoms with van der Waals surface area (Å²) in [4.78, 5) is 146. The lowest BCUT2D eigenvalue weighted by Gasteiger charge is -2.44. The predicted octanol–water partition coefficient (Wildman–Crippen LogP) is -4.58. The fourth-order valence-corrected chi connectivity index (χ4v) is 10.8. The van der Waals surface area contributed by atoms with E-state index in [9.17, 15) is 63.0 Å². The number of ketones is 1.